The molecule has 1 aromatic heterocycles. The molecule has 0 aliphatic heterocycles. The van der Waals surface area contributed by atoms with Crippen LogP contribution in [0.2, 0.25) is 0 Å². The molecule has 5 rings (SSSR count). The summed E-state index contributed by atoms with van der Waals surface area (Å²) in [5.41, 5.74) is 3.40. The summed E-state index contributed by atoms with van der Waals surface area (Å²) < 4.78 is 13.2. The van der Waals surface area contributed by atoms with Gasteiger partial charge in [0.1, 0.15) is 10.8 Å². The molecule has 0 bridgehead atoms. The Morgan fingerprint density at radius 3 is 2.61 bits per heavy atom. The zero-order valence-electron chi connectivity index (χ0n) is 16.9. The van der Waals surface area contributed by atoms with E-state index in [1.807, 2.05) is 42.5 Å². The zero-order valence-corrected chi connectivity index (χ0v) is 17.7. The van der Waals surface area contributed by atoms with Crippen molar-refractivity contribution >= 4 is 44.9 Å². The molecule has 0 saturated carbocycles. The van der Waals surface area contributed by atoms with E-state index in [1.54, 1.807) is 29.7 Å². The second kappa shape index (κ2) is 8.44. The van der Waals surface area contributed by atoms with Crippen LogP contribution in [-0.2, 0) is 12.8 Å². The van der Waals surface area contributed by atoms with Gasteiger partial charge in [0.2, 0.25) is 0 Å². The lowest BCUT2D eigenvalue weighted by Crippen LogP contribution is -2.15. The van der Waals surface area contributed by atoms with Crippen LogP contribution < -0.4 is 5.32 Å². The number of hydrogen-bond acceptors (Lipinski definition) is 3. The SMILES string of the molecule is O=C(Nc1cccc2ccccc12)c1c(/N=C/c2ccc(F)cc2)sc2c1CCCC2. The van der Waals surface area contributed by atoms with Crippen molar-refractivity contribution in [3.05, 3.63) is 94.1 Å². The fourth-order valence-electron chi connectivity index (χ4n) is 4.08. The van der Waals surface area contributed by atoms with Crippen LogP contribution in [0, 0.1) is 5.82 Å². The number of carbonyl (C=O) groups excluding carboxylic acids is 1. The van der Waals surface area contributed by atoms with Gasteiger partial charge in [0.25, 0.3) is 5.91 Å². The van der Waals surface area contributed by atoms with E-state index in [1.165, 1.54) is 17.0 Å². The molecule has 3 aromatic carbocycles. The normalized spacial score (nSPS) is 13.5. The van der Waals surface area contributed by atoms with Crippen LogP contribution in [0.15, 0.2) is 71.7 Å². The predicted molar refractivity (Wildman–Crippen MR) is 127 cm³/mol. The maximum atomic E-state index is 13.4. The van der Waals surface area contributed by atoms with Gasteiger partial charge in [-0.2, -0.15) is 0 Å². The summed E-state index contributed by atoms with van der Waals surface area (Å²) in [7, 11) is 0. The molecule has 0 spiro atoms. The highest BCUT2D eigenvalue weighted by molar-refractivity contribution is 7.16. The maximum Gasteiger partial charge on any atom is 0.259 e. The van der Waals surface area contributed by atoms with E-state index in [4.69, 9.17) is 0 Å². The third kappa shape index (κ3) is 4.01. The Kier molecular flexibility index (Phi) is 5.35. The van der Waals surface area contributed by atoms with Crippen LogP contribution in [0.25, 0.3) is 10.8 Å². The van der Waals surface area contributed by atoms with Gasteiger partial charge in [-0.3, -0.25) is 4.79 Å². The van der Waals surface area contributed by atoms with Crippen LogP contribution in [0.1, 0.15) is 39.2 Å². The topological polar surface area (TPSA) is 41.5 Å². The van der Waals surface area contributed by atoms with Crippen molar-refractivity contribution in [2.24, 2.45) is 4.99 Å². The van der Waals surface area contributed by atoms with Crippen molar-refractivity contribution < 1.29 is 9.18 Å². The molecule has 0 atom stereocenters. The van der Waals surface area contributed by atoms with Crippen LogP contribution in [-0.4, -0.2) is 12.1 Å². The molecule has 1 amide bonds. The van der Waals surface area contributed by atoms with E-state index in [0.717, 1.165) is 53.3 Å². The number of hydrogen-bond donors (Lipinski definition) is 1. The number of benzene rings is 3. The van der Waals surface area contributed by atoms with Crippen molar-refractivity contribution in [2.75, 3.05) is 5.32 Å². The monoisotopic (exact) mass is 428 g/mol. The molecule has 1 heterocycles. The molecular formula is C26H21FN2OS. The molecule has 1 N–H and O–H groups in total. The fraction of sp³-hybridized carbons (Fsp3) is 0.154. The first-order valence-corrected chi connectivity index (χ1v) is 11.2. The van der Waals surface area contributed by atoms with Gasteiger partial charge in [-0.15, -0.1) is 11.3 Å². The molecule has 3 nitrogen and oxygen atoms in total. The lowest BCUT2D eigenvalue weighted by Gasteiger charge is -2.13. The molecule has 4 aromatic rings. The van der Waals surface area contributed by atoms with E-state index in [-0.39, 0.29) is 11.7 Å². The number of fused-ring (bicyclic) bond motifs is 2. The minimum Gasteiger partial charge on any atom is -0.321 e. The van der Waals surface area contributed by atoms with E-state index in [2.05, 4.69) is 10.3 Å². The summed E-state index contributed by atoms with van der Waals surface area (Å²) in [4.78, 5) is 19.3. The van der Waals surface area contributed by atoms with Gasteiger partial charge >= 0.3 is 0 Å². The molecule has 0 radical (unpaired) electrons. The fourth-order valence-corrected chi connectivity index (χ4v) is 5.31. The zero-order chi connectivity index (χ0) is 21.2. The van der Waals surface area contributed by atoms with E-state index in [9.17, 15) is 9.18 Å². The van der Waals surface area contributed by atoms with Gasteiger partial charge in [0, 0.05) is 22.2 Å². The van der Waals surface area contributed by atoms with Crippen molar-refractivity contribution in [3.8, 4) is 0 Å². The predicted octanol–water partition coefficient (Wildman–Crippen LogP) is 6.92. The molecule has 154 valence electrons. The number of nitrogens with zero attached hydrogens (tertiary/aromatic N) is 1. The minimum absolute atomic E-state index is 0.123. The third-order valence-corrected chi connectivity index (χ3v) is 6.82. The van der Waals surface area contributed by atoms with Crippen molar-refractivity contribution in [1.29, 1.82) is 0 Å². The van der Waals surface area contributed by atoms with Crippen LogP contribution in [0.4, 0.5) is 15.1 Å². The van der Waals surface area contributed by atoms with Gasteiger partial charge in [-0.25, -0.2) is 9.38 Å². The highest BCUT2D eigenvalue weighted by atomic mass is 32.1. The number of anilines is 1. The number of nitrogens with one attached hydrogen (secondary N) is 1. The molecule has 1 aliphatic carbocycles. The third-order valence-electron chi connectivity index (χ3n) is 5.62. The number of thiophene rings is 1. The van der Waals surface area contributed by atoms with Crippen LogP contribution in [0.3, 0.4) is 0 Å². The first-order valence-electron chi connectivity index (χ1n) is 10.4. The number of aliphatic imine (C=N–C) groups is 1. The van der Waals surface area contributed by atoms with E-state index in [0.29, 0.717) is 10.6 Å². The van der Waals surface area contributed by atoms with Crippen LogP contribution >= 0.6 is 11.3 Å². The highest BCUT2D eigenvalue weighted by Gasteiger charge is 2.25. The summed E-state index contributed by atoms with van der Waals surface area (Å²) in [5, 5.41) is 5.94. The summed E-state index contributed by atoms with van der Waals surface area (Å²) in [5.74, 6) is -0.402. The van der Waals surface area contributed by atoms with E-state index < -0.39 is 0 Å². The smallest absolute Gasteiger partial charge is 0.259 e. The first kappa shape index (κ1) is 19.6. The molecule has 0 fully saturated rings. The Morgan fingerprint density at radius 1 is 0.968 bits per heavy atom. The van der Waals surface area contributed by atoms with Crippen molar-refractivity contribution in [3.63, 3.8) is 0 Å². The number of halogens is 1. The van der Waals surface area contributed by atoms with Gasteiger partial charge in [-0.05, 0) is 60.4 Å². The van der Waals surface area contributed by atoms with Crippen molar-refractivity contribution in [1.82, 2.24) is 0 Å². The summed E-state index contributed by atoms with van der Waals surface area (Å²) in [6.45, 7) is 0. The van der Waals surface area contributed by atoms with Gasteiger partial charge in [-0.1, -0.05) is 48.5 Å². The van der Waals surface area contributed by atoms with Crippen molar-refractivity contribution in [2.45, 2.75) is 25.7 Å². The number of rotatable bonds is 4. The molecule has 0 saturated heterocycles. The lowest BCUT2D eigenvalue weighted by molar-refractivity contribution is 0.102. The van der Waals surface area contributed by atoms with Gasteiger partial charge in [0.15, 0.2) is 0 Å². The number of carbonyl (C=O) groups is 1. The Bertz CT molecular complexity index is 1290. The van der Waals surface area contributed by atoms with Gasteiger partial charge in [0.05, 0.1) is 5.56 Å². The highest BCUT2D eigenvalue weighted by Crippen LogP contribution is 2.40. The van der Waals surface area contributed by atoms with E-state index >= 15 is 0 Å². The summed E-state index contributed by atoms with van der Waals surface area (Å²) >= 11 is 1.59. The standard InChI is InChI=1S/C26H21FN2OS/c27-19-14-12-17(13-15-19)16-28-26-24(21-9-3-4-11-23(21)31-26)25(30)29-22-10-5-7-18-6-1-2-8-20(18)22/h1-2,5-8,10,12-16H,3-4,9,11H2,(H,29,30)/b28-16+. The number of amides is 1. The number of aryl methyl sites for hydroxylation is 1. The van der Waals surface area contributed by atoms with Gasteiger partial charge < -0.3 is 5.32 Å². The maximum absolute atomic E-state index is 13.4. The average Bonchev–Trinajstić information content (AvgIpc) is 3.17. The average molecular weight is 429 g/mol. The summed E-state index contributed by atoms with van der Waals surface area (Å²) in [6.07, 6.45) is 5.81. The second-order valence-corrected chi connectivity index (χ2v) is 8.77. The largest absolute Gasteiger partial charge is 0.321 e. The lowest BCUT2D eigenvalue weighted by atomic mass is 9.95. The Balaban J connectivity index is 1.52. The Labute approximate surface area is 184 Å². The quantitative estimate of drug-likeness (QED) is 0.352. The second-order valence-electron chi connectivity index (χ2n) is 7.68. The Hall–Kier alpha value is -3.31. The molecule has 0 unspecified atom stereocenters. The summed E-state index contributed by atoms with van der Waals surface area (Å²) in [6, 6.07) is 20.1. The minimum atomic E-state index is -0.279. The van der Waals surface area contributed by atoms with Crippen LogP contribution in [0.5, 0.6) is 0 Å². The molecule has 5 heteroatoms. The Morgan fingerprint density at radius 2 is 1.74 bits per heavy atom. The molecular weight excluding hydrogens is 407 g/mol. The first-order chi connectivity index (χ1) is 15.2. The molecule has 31 heavy (non-hydrogen) atoms. The molecule has 1 aliphatic rings.